The van der Waals surface area contributed by atoms with E-state index in [-0.39, 0.29) is 5.75 Å². The molecule has 3 nitrogen and oxygen atoms in total. The minimum absolute atomic E-state index is 0.274. The second-order valence-corrected chi connectivity index (χ2v) is 6.89. The van der Waals surface area contributed by atoms with E-state index in [1.54, 1.807) is 18.2 Å². The van der Waals surface area contributed by atoms with Crippen molar-refractivity contribution in [1.29, 1.82) is 5.26 Å². The Morgan fingerprint density at radius 3 is 2.07 bits per heavy atom. The van der Waals surface area contributed by atoms with Crippen molar-refractivity contribution >= 4 is 21.6 Å². The smallest absolute Gasteiger partial charge is 0.406 e. The van der Waals surface area contributed by atoms with Gasteiger partial charge in [-0.05, 0) is 57.7 Å². The quantitative estimate of drug-likeness (QED) is 0.531. The highest BCUT2D eigenvalue weighted by atomic mass is 79.9. The van der Waals surface area contributed by atoms with Crippen molar-refractivity contribution in [3.63, 3.8) is 0 Å². The van der Waals surface area contributed by atoms with Crippen LogP contribution in [0.25, 0.3) is 11.1 Å². The molecule has 0 unspecified atom stereocenters. The van der Waals surface area contributed by atoms with Crippen molar-refractivity contribution in [2.24, 2.45) is 0 Å². The van der Waals surface area contributed by atoms with Gasteiger partial charge in [0.05, 0.1) is 11.3 Å². The Kier molecular flexibility index (Phi) is 8.17. The van der Waals surface area contributed by atoms with E-state index >= 15 is 0 Å². The third-order valence-corrected chi connectivity index (χ3v) is 4.09. The van der Waals surface area contributed by atoms with E-state index in [2.05, 4.69) is 40.6 Å². The van der Waals surface area contributed by atoms with Gasteiger partial charge in [0.1, 0.15) is 11.8 Å². The molecule has 0 amide bonds. The Morgan fingerprint density at radius 2 is 1.67 bits per heavy atom. The van der Waals surface area contributed by atoms with Crippen molar-refractivity contribution in [1.82, 2.24) is 0 Å². The van der Waals surface area contributed by atoms with Crippen LogP contribution in [0, 0.1) is 18.3 Å². The molecular weight excluding hydrogens is 421 g/mol. The molecule has 2 aromatic rings. The topological polar surface area (TPSA) is 36.3 Å². The summed E-state index contributed by atoms with van der Waals surface area (Å²) in [5, 5.41) is 9.35. The molecule has 2 rings (SSSR count). The standard InChI is InChI=1S/C17H14BrF3N2O.C3H8/c1-10-13(8-15(18)14(9-22)16(10)23(2)3)11-4-6-12(7-5-11)24-17(19,20)21;1-3-2/h4-8H,1-3H3;3H2,1-2H3. The second-order valence-electron chi connectivity index (χ2n) is 6.04. The van der Waals surface area contributed by atoms with Gasteiger partial charge in [0.25, 0.3) is 0 Å². The highest BCUT2D eigenvalue weighted by Crippen LogP contribution is 2.38. The number of halogens is 4. The predicted molar refractivity (Wildman–Crippen MR) is 106 cm³/mol. The lowest BCUT2D eigenvalue weighted by Gasteiger charge is -2.21. The Bertz CT molecular complexity index is 810. The number of ether oxygens (including phenoxy) is 1. The monoisotopic (exact) mass is 442 g/mol. The van der Waals surface area contributed by atoms with Gasteiger partial charge in [0.15, 0.2) is 0 Å². The highest BCUT2D eigenvalue weighted by molar-refractivity contribution is 9.10. The van der Waals surface area contributed by atoms with Crippen LogP contribution in [0.4, 0.5) is 18.9 Å². The fourth-order valence-electron chi connectivity index (χ4n) is 2.54. The number of anilines is 1. The minimum Gasteiger partial charge on any atom is -0.406 e. The number of nitrogens with zero attached hydrogens (tertiary/aromatic N) is 2. The predicted octanol–water partition coefficient (Wildman–Crippen LogP) is 6.68. The Hall–Kier alpha value is -2.20. The molecule has 0 saturated heterocycles. The maximum atomic E-state index is 12.2. The number of nitriles is 1. The van der Waals surface area contributed by atoms with Gasteiger partial charge in [0.2, 0.25) is 0 Å². The van der Waals surface area contributed by atoms with Gasteiger partial charge in [-0.2, -0.15) is 5.26 Å². The van der Waals surface area contributed by atoms with Crippen LogP contribution in [0.5, 0.6) is 5.75 Å². The molecule has 0 aliphatic heterocycles. The first kappa shape index (κ1) is 22.8. The van der Waals surface area contributed by atoms with Gasteiger partial charge < -0.3 is 9.64 Å². The summed E-state index contributed by atoms with van der Waals surface area (Å²) in [4.78, 5) is 1.84. The summed E-state index contributed by atoms with van der Waals surface area (Å²) in [6.45, 7) is 6.12. The molecule has 0 radical (unpaired) electrons. The molecule has 27 heavy (non-hydrogen) atoms. The van der Waals surface area contributed by atoms with E-state index in [0.717, 1.165) is 22.4 Å². The first-order valence-corrected chi connectivity index (χ1v) is 9.11. The number of alkyl halides is 3. The van der Waals surface area contributed by atoms with Crippen LogP contribution in [0.2, 0.25) is 0 Å². The van der Waals surface area contributed by atoms with Crippen molar-refractivity contribution in [2.75, 3.05) is 19.0 Å². The summed E-state index contributed by atoms with van der Waals surface area (Å²) >= 11 is 3.39. The van der Waals surface area contributed by atoms with E-state index in [1.807, 2.05) is 25.9 Å². The Labute approximate surface area is 166 Å². The molecule has 0 heterocycles. The minimum atomic E-state index is -4.72. The van der Waals surface area contributed by atoms with Gasteiger partial charge in [-0.25, -0.2) is 0 Å². The molecule has 0 atom stereocenters. The normalized spacial score (nSPS) is 10.5. The van der Waals surface area contributed by atoms with Crippen LogP contribution >= 0.6 is 15.9 Å². The molecule has 0 saturated carbocycles. The summed E-state index contributed by atoms with van der Waals surface area (Å²) in [6.07, 6.45) is -3.47. The van der Waals surface area contributed by atoms with Crippen LogP contribution in [-0.2, 0) is 0 Å². The van der Waals surface area contributed by atoms with Crippen LogP contribution in [0.15, 0.2) is 34.8 Å². The van der Waals surface area contributed by atoms with Gasteiger partial charge in [-0.15, -0.1) is 13.2 Å². The van der Waals surface area contributed by atoms with E-state index < -0.39 is 6.36 Å². The van der Waals surface area contributed by atoms with Gasteiger partial charge >= 0.3 is 6.36 Å². The first-order chi connectivity index (χ1) is 12.6. The fourth-order valence-corrected chi connectivity index (χ4v) is 3.04. The lowest BCUT2D eigenvalue weighted by molar-refractivity contribution is -0.274. The average Bonchev–Trinajstić information content (AvgIpc) is 2.56. The number of hydrogen-bond donors (Lipinski definition) is 0. The van der Waals surface area contributed by atoms with Crippen LogP contribution < -0.4 is 9.64 Å². The zero-order valence-corrected chi connectivity index (χ0v) is 17.5. The first-order valence-electron chi connectivity index (χ1n) is 8.32. The fraction of sp³-hybridized carbons (Fsp3) is 0.350. The molecule has 0 spiro atoms. The summed E-state index contributed by atoms with van der Waals surface area (Å²) in [6, 6.07) is 9.61. The van der Waals surface area contributed by atoms with Crippen molar-refractivity contribution < 1.29 is 17.9 Å². The van der Waals surface area contributed by atoms with E-state index in [4.69, 9.17) is 0 Å². The van der Waals surface area contributed by atoms with Crippen LogP contribution in [-0.4, -0.2) is 20.5 Å². The SMILES string of the molecule is CCC.Cc1c(-c2ccc(OC(F)(F)F)cc2)cc(Br)c(C#N)c1N(C)C. The Balaban J connectivity index is 0.00000114. The molecule has 0 N–H and O–H groups in total. The molecule has 2 aromatic carbocycles. The summed E-state index contributed by atoms with van der Waals surface area (Å²) < 4.78 is 41.2. The number of benzene rings is 2. The summed E-state index contributed by atoms with van der Waals surface area (Å²) in [5.41, 5.74) is 3.69. The van der Waals surface area contributed by atoms with Crippen molar-refractivity contribution in [3.05, 3.63) is 45.9 Å². The molecule has 0 bridgehead atoms. The zero-order valence-electron chi connectivity index (χ0n) is 15.9. The molecular formula is C20H22BrF3N2O. The Morgan fingerprint density at radius 1 is 1.15 bits per heavy atom. The van der Waals surface area contributed by atoms with Crippen LogP contribution in [0.3, 0.4) is 0 Å². The zero-order chi connectivity index (χ0) is 20.8. The van der Waals surface area contributed by atoms with Gasteiger partial charge in [-0.3, -0.25) is 0 Å². The van der Waals surface area contributed by atoms with Gasteiger partial charge in [-0.1, -0.05) is 32.4 Å². The van der Waals surface area contributed by atoms with Crippen LogP contribution in [0.1, 0.15) is 31.4 Å². The number of rotatable bonds is 3. The maximum absolute atomic E-state index is 12.2. The third-order valence-electron chi connectivity index (χ3n) is 3.46. The average molecular weight is 443 g/mol. The highest BCUT2D eigenvalue weighted by Gasteiger charge is 2.31. The van der Waals surface area contributed by atoms with Crippen molar-refractivity contribution in [3.8, 4) is 22.9 Å². The van der Waals surface area contributed by atoms with E-state index in [0.29, 0.717) is 10.0 Å². The number of hydrogen-bond acceptors (Lipinski definition) is 3. The largest absolute Gasteiger partial charge is 0.573 e. The second kappa shape index (κ2) is 9.65. The summed E-state index contributed by atoms with van der Waals surface area (Å²) in [7, 11) is 3.67. The molecule has 7 heteroatoms. The third kappa shape index (κ3) is 6.17. The summed E-state index contributed by atoms with van der Waals surface area (Å²) in [5.74, 6) is -0.274. The molecule has 0 aliphatic carbocycles. The van der Waals surface area contributed by atoms with E-state index in [1.165, 1.54) is 18.6 Å². The maximum Gasteiger partial charge on any atom is 0.573 e. The lowest BCUT2D eigenvalue weighted by Crippen LogP contribution is -2.17. The molecule has 146 valence electrons. The lowest BCUT2D eigenvalue weighted by atomic mass is 9.96. The van der Waals surface area contributed by atoms with Crippen molar-refractivity contribution in [2.45, 2.75) is 33.6 Å². The van der Waals surface area contributed by atoms with E-state index in [9.17, 15) is 18.4 Å². The molecule has 0 aromatic heterocycles. The molecule has 0 aliphatic rings. The molecule has 0 fully saturated rings. The van der Waals surface area contributed by atoms with Gasteiger partial charge in [0, 0.05) is 18.6 Å².